The van der Waals surface area contributed by atoms with Gasteiger partial charge in [0.25, 0.3) is 0 Å². The van der Waals surface area contributed by atoms with E-state index >= 15 is 0 Å². The Labute approximate surface area is 74.3 Å². The maximum Gasteiger partial charge on any atom is 0.211 e. The van der Waals surface area contributed by atoms with Crippen LogP contribution >= 0.6 is 22.9 Å². The summed E-state index contributed by atoms with van der Waals surface area (Å²) < 4.78 is 0. The smallest absolute Gasteiger partial charge is 0.211 e. The van der Waals surface area contributed by atoms with Gasteiger partial charge in [0.1, 0.15) is 5.15 Å². The fraction of sp³-hybridized carbons (Fsp3) is 0.333. The maximum atomic E-state index is 5.59. The first-order chi connectivity index (χ1) is 5.18. The van der Waals surface area contributed by atoms with Gasteiger partial charge in [-0.1, -0.05) is 11.6 Å². The van der Waals surface area contributed by atoms with Gasteiger partial charge in [-0.25, -0.2) is 9.98 Å². The quantitative estimate of drug-likeness (QED) is 0.526. The second kappa shape index (κ2) is 3.69. The van der Waals surface area contributed by atoms with E-state index in [1.165, 1.54) is 11.3 Å². The highest BCUT2D eigenvalue weighted by atomic mass is 35.5. The molecule has 0 aliphatic heterocycles. The Bertz CT molecular complexity index is 256. The van der Waals surface area contributed by atoms with E-state index in [-0.39, 0.29) is 0 Å². The molecule has 0 aliphatic rings. The zero-order valence-electron chi connectivity index (χ0n) is 6.28. The summed E-state index contributed by atoms with van der Waals surface area (Å²) in [7, 11) is 3.80. The third kappa shape index (κ3) is 2.86. The summed E-state index contributed by atoms with van der Waals surface area (Å²) in [4.78, 5) is 9.84. The van der Waals surface area contributed by atoms with E-state index in [2.05, 4.69) is 9.98 Å². The monoisotopic (exact) mass is 189 g/mol. The Morgan fingerprint density at radius 2 is 2.45 bits per heavy atom. The van der Waals surface area contributed by atoms with Crippen LogP contribution < -0.4 is 0 Å². The summed E-state index contributed by atoms with van der Waals surface area (Å²) in [6.45, 7) is 0. The van der Waals surface area contributed by atoms with E-state index in [1.54, 1.807) is 11.7 Å². The van der Waals surface area contributed by atoms with Crippen molar-refractivity contribution >= 4 is 34.4 Å². The van der Waals surface area contributed by atoms with Crippen molar-refractivity contribution in [2.24, 2.45) is 4.99 Å². The largest absolute Gasteiger partial charge is 0.369 e. The molecule has 5 heteroatoms. The number of nitrogens with zero attached hydrogens (tertiary/aromatic N) is 3. The Balaban J connectivity index is 2.64. The predicted molar refractivity (Wildman–Crippen MR) is 49.0 cm³/mol. The first-order valence-corrected chi connectivity index (χ1v) is 4.26. The van der Waals surface area contributed by atoms with Gasteiger partial charge in [0.2, 0.25) is 5.13 Å². The highest BCUT2D eigenvalue weighted by Crippen LogP contribution is 2.20. The summed E-state index contributed by atoms with van der Waals surface area (Å²) in [6.07, 6.45) is 1.69. The van der Waals surface area contributed by atoms with Crippen molar-refractivity contribution in [1.82, 2.24) is 9.88 Å². The summed E-state index contributed by atoms with van der Waals surface area (Å²) in [5, 5.41) is 2.94. The molecule has 0 N–H and O–H groups in total. The van der Waals surface area contributed by atoms with Crippen molar-refractivity contribution in [3.8, 4) is 0 Å². The van der Waals surface area contributed by atoms with Gasteiger partial charge in [0.05, 0.1) is 6.34 Å². The third-order valence-electron chi connectivity index (χ3n) is 0.863. The van der Waals surface area contributed by atoms with Crippen LogP contribution in [0.2, 0.25) is 5.15 Å². The minimum atomic E-state index is 0.501. The average Bonchev–Trinajstić information content (AvgIpc) is 2.31. The van der Waals surface area contributed by atoms with E-state index in [9.17, 15) is 0 Å². The van der Waals surface area contributed by atoms with Crippen molar-refractivity contribution in [2.75, 3.05) is 14.1 Å². The second-order valence-electron chi connectivity index (χ2n) is 2.16. The molecule has 0 saturated carbocycles. The van der Waals surface area contributed by atoms with Crippen LogP contribution in [-0.4, -0.2) is 30.3 Å². The number of rotatable bonds is 2. The lowest BCUT2D eigenvalue weighted by Gasteiger charge is -1.99. The fourth-order valence-electron chi connectivity index (χ4n) is 0.470. The van der Waals surface area contributed by atoms with Crippen molar-refractivity contribution in [3.63, 3.8) is 0 Å². The van der Waals surface area contributed by atoms with Crippen LogP contribution in [-0.2, 0) is 0 Å². The molecule has 0 fully saturated rings. The summed E-state index contributed by atoms with van der Waals surface area (Å²) in [5.41, 5.74) is 0. The zero-order valence-corrected chi connectivity index (χ0v) is 7.85. The molecule has 0 radical (unpaired) electrons. The normalized spacial score (nSPS) is 10.8. The molecular weight excluding hydrogens is 182 g/mol. The van der Waals surface area contributed by atoms with Crippen LogP contribution in [0.15, 0.2) is 10.4 Å². The lowest BCUT2D eigenvalue weighted by molar-refractivity contribution is 0.643. The van der Waals surface area contributed by atoms with Crippen molar-refractivity contribution in [3.05, 3.63) is 10.5 Å². The molecule has 0 saturated heterocycles. The van der Waals surface area contributed by atoms with Gasteiger partial charge in [0.15, 0.2) is 0 Å². The van der Waals surface area contributed by atoms with Gasteiger partial charge >= 0.3 is 0 Å². The van der Waals surface area contributed by atoms with Crippen LogP contribution in [0, 0.1) is 0 Å². The van der Waals surface area contributed by atoms with E-state index in [0.29, 0.717) is 10.3 Å². The fourth-order valence-corrected chi connectivity index (χ4v) is 1.25. The molecule has 1 rings (SSSR count). The van der Waals surface area contributed by atoms with E-state index < -0.39 is 0 Å². The minimum absolute atomic E-state index is 0.501. The highest BCUT2D eigenvalue weighted by Gasteiger charge is 1.94. The van der Waals surface area contributed by atoms with Crippen LogP contribution in [0.3, 0.4) is 0 Å². The van der Waals surface area contributed by atoms with E-state index in [0.717, 1.165) is 0 Å². The van der Waals surface area contributed by atoms with E-state index in [1.807, 2.05) is 19.0 Å². The van der Waals surface area contributed by atoms with Gasteiger partial charge in [-0.3, -0.25) is 0 Å². The molecule has 0 amide bonds. The average molecular weight is 190 g/mol. The Kier molecular flexibility index (Phi) is 2.84. The molecular formula is C6H8ClN3S. The Hall–Kier alpha value is -0.610. The number of thiazole rings is 1. The Morgan fingerprint density at radius 1 is 1.73 bits per heavy atom. The number of halogens is 1. The highest BCUT2D eigenvalue weighted by molar-refractivity contribution is 7.13. The molecule has 0 atom stereocenters. The summed E-state index contributed by atoms with van der Waals surface area (Å²) in [6, 6.07) is 0. The molecule has 0 aromatic carbocycles. The minimum Gasteiger partial charge on any atom is -0.369 e. The lowest BCUT2D eigenvalue weighted by atomic mass is 10.9. The number of hydrogen-bond donors (Lipinski definition) is 0. The topological polar surface area (TPSA) is 28.5 Å². The lowest BCUT2D eigenvalue weighted by Crippen LogP contribution is -2.06. The van der Waals surface area contributed by atoms with Crippen molar-refractivity contribution in [2.45, 2.75) is 0 Å². The number of hydrogen-bond acceptors (Lipinski definition) is 3. The number of aliphatic imine (C=N–C) groups is 1. The molecule has 1 aromatic rings. The van der Waals surface area contributed by atoms with Gasteiger partial charge in [-0.2, -0.15) is 0 Å². The third-order valence-corrected chi connectivity index (χ3v) is 1.93. The van der Waals surface area contributed by atoms with Gasteiger partial charge in [-0.15, -0.1) is 11.3 Å². The van der Waals surface area contributed by atoms with Crippen LogP contribution in [0.5, 0.6) is 0 Å². The molecule has 1 heterocycles. The number of aromatic nitrogens is 1. The second-order valence-corrected chi connectivity index (χ2v) is 3.38. The SMILES string of the molecule is CN(C)/C=N/c1nc(Cl)cs1. The first kappa shape index (κ1) is 8.49. The summed E-state index contributed by atoms with van der Waals surface area (Å²) >= 11 is 7.01. The standard InChI is InChI=1S/C6H8ClN3S/c1-10(2)4-8-6-9-5(7)3-11-6/h3-4H,1-2H3/b8-4+. The van der Waals surface area contributed by atoms with Gasteiger partial charge < -0.3 is 4.90 Å². The van der Waals surface area contributed by atoms with Crippen molar-refractivity contribution in [1.29, 1.82) is 0 Å². The first-order valence-electron chi connectivity index (χ1n) is 3.00. The molecule has 1 aromatic heterocycles. The Morgan fingerprint density at radius 3 is 2.91 bits per heavy atom. The van der Waals surface area contributed by atoms with Crippen LogP contribution in [0.4, 0.5) is 5.13 Å². The van der Waals surface area contributed by atoms with Crippen LogP contribution in [0.1, 0.15) is 0 Å². The maximum absolute atomic E-state index is 5.59. The van der Waals surface area contributed by atoms with Crippen LogP contribution in [0.25, 0.3) is 0 Å². The zero-order chi connectivity index (χ0) is 8.27. The molecule has 0 aliphatic carbocycles. The van der Waals surface area contributed by atoms with Crippen molar-refractivity contribution < 1.29 is 0 Å². The predicted octanol–water partition coefficient (Wildman–Crippen LogP) is 2.02. The van der Waals surface area contributed by atoms with Gasteiger partial charge in [-0.05, 0) is 0 Å². The molecule has 0 bridgehead atoms. The molecule has 11 heavy (non-hydrogen) atoms. The molecule has 60 valence electrons. The molecule has 0 unspecified atom stereocenters. The molecule has 0 spiro atoms. The van der Waals surface area contributed by atoms with E-state index in [4.69, 9.17) is 11.6 Å². The van der Waals surface area contributed by atoms with Gasteiger partial charge in [0, 0.05) is 19.5 Å². The summed E-state index contributed by atoms with van der Waals surface area (Å²) in [5.74, 6) is 0. The molecule has 3 nitrogen and oxygen atoms in total.